The summed E-state index contributed by atoms with van der Waals surface area (Å²) in [7, 11) is 0. The minimum Gasteiger partial charge on any atom is -0.402 e. The van der Waals surface area contributed by atoms with Crippen LogP contribution in [0.2, 0.25) is 0 Å². The highest BCUT2D eigenvalue weighted by Crippen LogP contribution is 2.19. The fourth-order valence-corrected chi connectivity index (χ4v) is 2.05. The van der Waals surface area contributed by atoms with Crippen molar-refractivity contribution in [3.63, 3.8) is 0 Å². The molecule has 0 bridgehead atoms. The van der Waals surface area contributed by atoms with E-state index in [0.29, 0.717) is 18.7 Å². The van der Waals surface area contributed by atoms with Gasteiger partial charge >= 0.3 is 0 Å². The molecule has 5 heteroatoms. The molecule has 1 aromatic rings. The van der Waals surface area contributed by atoms with Crippen molar-refractivity contribution in [1.82, 2.24) is 9.88 Å². The highest BCUT2D eigenvalue weighted by molar-refractivity contribution is 6.11. The van der Waals surface area contributed by atoms with Crippen molar-refractivity contribution in [3.8, 4) is 0 Å². The van der Waals surface area contributed by atoms with E-state index < -0.39 is 6.23 Å². The van der Waals surface area contributed by atoms with E-state index in [1.54, 1.807) is 31.5 Å². The van der Waals surface area contributed by atoms with Gasteiger partial charge in [-0.05, 0) is 19.1 Å². The maximum atomic E-state index is 9.62. The van der Waals surface area contributed by atoms with Crippen LogP contribution in [0, 0.1) is 5.41 Å². The van der Waals surface area contributed by atoms with E-state index in [1.807, 2.05) is 4.90 Å². The molecule has 0 aliphatic carbocycles. The first-order valence-electron chi connectivity index (χ1n) is 5.98. The van der Waals surface area contributed by atoms with Crippen molar-refractivity contribution in [1.29, 1.82) is 5.41 Å². The van der Waals surface area contributed by atoms with Crippen LogP contribution in [0.1, 0.15) is 18.9 Å². The second-order valence-corrected chi connectivity index (χ2v) is 4.47. The summed E-state index contributed by atoms with van der Waals surface area (Å²) < 4.78 is 0. The predicted octanol–water partition coefficient (Wildman–Crippen LogP) is 0.706. The van der Waals surface area contributed by atoms with E-state index in [9.17, 15) is 5.11 Å². The Hall–Kier alpha value is -1.72. The molecule has 1 atom stereocenters. The highest BCUT2D eigenvalue weighted by Gasteiger charge is 2.23. The second kappa shape index (κ2) is 5.29. The van der Waals surface area contributed by atoms with Gasteiger partial charge in [0.1, 0.15) is 6.23 Å². The smallest absolute Gasteiger partial charge is 0.104 e. The number of aromatic nitrogens is 1. The summed E-state index contributed by atoms with van der Waals surface area (Å²) >= 11 is 0. The van der Waals surface area contributed by atoms with Crippen LogP contribution < -0.4 is 5.73 Å². The summed E-state index contributed by atoms with van der Waals surface area (Å²) in [6.07, 6.45) is 3.50. The summed E-state index contributed by atoms with van der Waals surface area (Å²) in [5, 5.41) is 17.8. The van der Waals surface area contributed by atoms with Crippen LogP contribution in [0.4, 0.5) is 0 Å². The normalized spacial score (nSPS) is 18.8. The lowest BCUT2D eigenvalue weighted by Gasteiger charge is -2.31. The molecule has 0 saturated heterocycles. The molecule has 5 nitrogen and oxygen atoms in total. The molecular formula is C13H18N4O. The lowest BCUT2D eigenvalue weighted by atomic mass is 9.97. The van der Waals surface area contributed by atoms with Gasteiger partial charge in [0, 0.05) is 48.7 Å². The Balaban J connectivity index is 2.24. The molecule has 1 aliphatic heterocycles. The van der Waals surface area contributed by atoms with E-state index in [0.717, 1.165) is 23.4 Å². The van der Waals surface area contributed by atoms with Gasteiger partial charge in [-0.25, -0.2) is 0 Å². The van der Waals surface area contributed by atoms with Crippen molar-refractivity contribution in [2.45, 2.75) is 19.6 Å². The fraction of sp³-hybridized carbons (Fsp3) is 0.385. The molecule has 2 rings (SSSR count). The Morgan fingerprint density at radius 3 is 2.78 bits per heavy atom. The fourth-order valence-electron chi connectivity index (χ4n) is 2.05. The summed E-state index contributed by atoms with van der Waals surface area (Å²) in [5.74, 6) is 0. The lowest BCUT2D eigenvalue weighted by molar-refractivity contribution is 0.0235. The Kier molecular flexibility index (Phi) is 3.74. The minimum atomic E-state index is -0.515. The van der Waals surface area contributed by atoms with Gasteiger partial charge in [-0.1, -0.05) is 0 Å². The van der Waals surface area contributed by atoms with Crippen LogP contribution in [-0.2, 0) is 0 Å². The number of rotatable bonds is 3. The zero-order valence-electron chi connectivity index (χ0n) is 10.4. The number of pyridine rings is 1. The molecule has 1 aromatic heterocycles. The van der Waals surface area contributed by atoms with Gasteiger partial charge in [-0.2, -0.15) is 0 Å². The molecule has 0 radical (unpaired) electrons. The molecule has 0 saturated carbocycles. The number of hydrogen-bond donors (Lipinski definition) is 3. The molecule has 0 aromatic carbocycles. The second-order valence-electron chi connectivity index (χ2n) is 4.47. The largest absolute Gasteiger partial charge is 0.402 e. The van der Waals surface area contributed by atoms with Crippen molar-refractivity contribution >= 4 is 5.71 Å². The third-order valence-electron chi connectivity index (χ3n) is 3.22. The summed E-state index contributed by atoms with van der Waals surface area (Å²) in [4.78, 5) is 5.84. The molecule has 0 amide bonds. The molecule has 2 heterocycles. The SMILES string of the molecule is CC(O)N1CCC(N)=C(C(=N)c2ccncc2)C1. The minimum absolute atomic E-state index is 0.417. The first-order valence-corrected chi connectivity index (χ1v) is 5.98. The standard InChI is InChI=1S/C13H18N4O/c1-9(18)17-7-4-12(14)11(8-17)13(15)10-2-5-16-6-3-10/h2-3,5-6,9,15,18H,4,7-8,14H2,1H3. The number of nitrogens with zero attached hydrogens (tertiary/aromatic N) is 2. The van der Waals surface area contributed by atoms with E-state index in [-0.39, 0.29) is 0 Å². The molecule has 0 spiro atoms. The third kappa shape index (κ3) is 2.57. The van der Waals surface area contributed by atoms with Crippen molar-refractivity contribution in [2.75, 3.05) is 13.1 Å². The summed E-state index contributed by atoms with van der Waals surface area (Å²) in [6.45, 7) is 2.98. The highest BCUT2D eigenvalue weighted by atomic mass is 16.3. The average molecular weight is 246 g/mol. The van der Waals surface area contributed by atoms with Gasteiger partial charge in [0.2, 0.25) is 0 Å². The summed E-state index contributed by atoms with van der Waals surface area (Å²) in [6, 6.07) is 3.59. The first-order chi connectivity index (χ1) is 8.59. The van der Waals surface area contributed by atoms with E-state index in [2.05, 4.69) is 4.98 Å². The zero-order chi connectivity index (χ0) is 13.1. The third-order valence-corrected chi connectivity index (χ3v) is 3.22. The van der Waals surface area contributed by atoms with Crippen LogP contribution >= 0.6 is 0 Å². The topological polar surface area (TPSA) is 86.2 Å². The van der Waals surface area contributed by atoms with Gasteiger partial charge in [-0.3, -0.25) is 15.3 Å². The Morgan fingerprint density at radius 2 is 2.17 bits per heavy atom. The monoisotopic (exact) mass is 246 g/mol. The Morgan fingerprint density at radius 1 is 1.50 bits per heavy atom. The quantitative estimate of drug-likeness (QED) is 0.685. The van der Waals surface area contributed by atoms with Crippen molar-refractivity contribution in [3.05, 3.63) is 41.4 Å². The Bertz CT molecular complexity index is 467. The van der Waals surface area contributed by atoms with Crippen molar-refractivity contribution in [2.24, 2.45) is 5.73 Å². The van der Waals surface area contributed by atoms with E-state index >= 15 is 0 Å². The number of hydrogen-bond acceptors (Lipinski definition) is 5. The Labute approximate surface area is 106 Å². The molecule has 4 N–H and O–H groups in total. The maximum absolute atomic E-state index is 9.62. The van der Waals surface area contributed by atoms with Crippen LogP contribution in [-0.4, -0.2) is 40.0 Å². The number of nitrogens with one attached hydrogen (secondary N) is 1. The van der Waals surface area contributed by atoms with Gasteiger partial charge in [0.05, 0.1) is 5.71 Å². The number of nitrogens with two attached hydrogens (primary N) is 1. The van der Waals surface area contributed by atoms with Crippen LogP contribution in [0.3, 0.4) is 0 Å². The van der Waals surface area contributed by atoms with Crippen molar-refractivity contribution < 1.29 is 5.11 Å². The van der Waals surface area contributed by atoms with Gasteiger partial charge in [-0.15, -0.1) is 0 Å². The number of aliphatic hydroxyl groups excluding tert-OH is 1. The van der Waals surface area contributed by atoms with Crippen LogP contribution in [0.15, 0.2) is 35.8 Å². The first kappa shape index (κ1) is 12.7. The van der Waals surface area contributed by atoms with Gasteiger partial charge in [0.25, 0.3) is 0 Å². The molecule has 96 valence electrons. The molecule has 0 fully saturated rings. The lowest BCUT2D eigenvalue weighted by Crippen LogP contribution is -2.41. The van der Waals surface area contributed by atoms with E-state index in [1.165, 1.54) is 0 Å². The van der Waals surface area contributed by atoms with E-state index in [4.69, 9.17) is 11.1 Å². The molecule has 18 heavy (non-hydrogen) atoms. The number of aliphatic hydroxyl groups is 1. The van der Waals surface area contributed by atoms with Crippen LogP contribution in [0.5, 0.6) is 0 Å². The maximum Gasteiger partial charge on any atom is 0.104 e. The molecule has 1 unspecified atom stereocenters. The average Bonchev–Trinajstić information content (AvgIpc) is 2.39. The zero-order valence-corrected chi connectivity index (χ0v) is 10.4. The summed E-state index contributed by atoms with van der Waals surface area (Å²) in [5.41, 5.74) is 8.76. The molecule has 1 aliphatic rings. The van der Waals surface area contributed by atoms with Gasteiger partial charge in [0.15, 0.2) is 0 Å². The predicted molar refractivity (Wildman–Crippen MR) is 70.1 cm³/mol. The van der Waals surface area contributed by atoms with Crippen LogP contribution in [0.25, 0.3) is 0 Å². The van der Waals surface area contributed by atoms with Gasteiger partial charge < -0.3 is 10.8 Å². The molecular weight excluding hydrogens is 228 g/mol.